The van der Waals surface area contributed by atoms with E-state index in [1.165, 1.54) is 4.90 Å². The molecule has 3 heteroatoms. The van der Waals surface area contributed by atoms with Crippen LogP contribution in [0, 0.1) is 18.8 Å². The predicted molar refractivity (Wildman–Crippen MR) is 118 cm³/mol. The quantitative estimate of drug-likeness (QED) is 0.552. The first kappa shape index (κ1) is 18.8. The van der Waals surface area contributed by atoms with Crippen molar-refractivity contribution in [3.63, 3.8) is 0 Å². The van der Waals surface area contributed by atoms with E-state index in [1.54, 1.807) is 0 Å². The number of hydrogen-bond acceptors (Lipinski definition) is 2. The van der Waals surface area contributed by atoms with Crippen molar-refractivity contribution in [1.29, 1.82) is 0 Å². The van der Waals surface area contributed by atoms with Gasteiger partial charge in [-0.05, 0) is 54.9 Å². The van der Waals surface area contributed by atoms with Gasteiger partial charge >= 0.3 is 0 Å². The molecule has 2 fully saturated rings. The number of fused-ring (bicyclic) bond motifs is 1. The number of anilines is 1. The van der Waals surface area contributed by atoms with Gasteiger partial charge < -0.3 is 0 Å². The first-order valence-corrected chi connectivity index (χ1v) is 10.7. The summed E-state index contributed by atoms with van der Waals surface area (Å²) in [6, 6.07) is 28.1. The van der Waals surface area contributed by atoms with Crippen molar-refractivity contribution in [2.45, 2.75) is 31.6 Å². The molecule has 0 radical (unpaired) electrons. The number of hydrogen-bond donors (Lipinski definition) is 0. The van der Waals surface area contributed by atoms with Crippen LogP contribution in [0.25, 0.3) is 0 Å². The van der Waals surface area contributed by atoms with Gasteiger partial charge in [-0.2, -0.15) is 0 Å². The number of aryl methyl sites for hydroxylation is 1. The van der Waals surface area contributed by atoms with Crippen LogP contribution in [-0.2, 0) is 9.59 Å². The minimum Gasteiger partial charge on any atom is -0.274 e. The molecule has 1 saturated carbocycles. The van der Waals surface area contributed by atoms with Crippen LogP contribution in [0.5, 0.6) is 0 Å². The van der Waals surface area contributed by atoms with E-state index in [4.69, 9.17) is 0 Å². The lowest BCUT2D eigenvalue weighted by Gasteiger charge is -2.37. The fourth-order valence-corrected chi connectivity index (χ4v) is 5.37. The Morgan fingerprint density at radius 1 is 0.633 bits per heavy atom. The van der Waals surface area contributed by atoms with E-state index in [-0.39, 0.29) is 35.5 Å². The Morgan fingerprint density at radius 2 is 1.07 bits per heavy atom. The van der Waals surface area contributed by atoms with Crippen LogP contribution in [-0.4, -0.2) is 11.8 Å². The number of nitrogens with zero attached hydrogens (tertiary/aromatic N) is 1. The number of carbonyl (C=O) groups is 2. The van der Waals surface area contributed by atoms with Gasteiger partial charge in [0.15, 0.2) is 0 Å². The highest BCUT2D eigenvalue weighted by atomic mass is 16.2. The molecule has 2 aliphatic rings. The van der Waals surface area contributed by atoms with Crippen molar-refractivity contribution >= 4 is 17.5 Å². The maximum atomic E-state index is 13.7. The van der Waals surface area contributed by atoms with E-state index < -0.39 is 0 Å². The summed E-state index contributed by atoms with van der Waals surface area (Å²) in [5.74, 6) is -0.599. The van der Waals surface area contributed by atoms with Crippen molar-refractivity contribution in [2.24, 2.45) is 11.8 Å². The number of carbonyl (C=O) groups excluding carboxylic acids is 2. The van der Waals surface area contributed by atoms with Crippen LogP contribution in [0.3, 0.4) is 0 Å². The molecule has 1 aliphatic heterocycles. The van der Waals surface area contributed by atoms with Crippen LogP contribution in [0.1, 0.15) is 41.4 Å². The monoisotopic (exact) mass is 395 g/mol. The lowest BCUT2D eigenvalue weighted by molar-refractivity contribution is -0.122. The second-order valence-electron chi connectivity index (χ2n) is 8.51. The Bertz CT molecular complexity index is 994. The van der Waals surface area contributed by atoms with Crippen molar-refractivity contribution in [1.82, 2.24) is 0 Å². The summed E-state index contributed by atoms with van der Waals surface area (Å²) in [5, 5.41) is 0. The molecule has 0 N–H and O–H groups in total. The lowest BCUT2D eigenvalue weighted by atomic mass is 9.64. The van der Waals surface area contributed by atoms with Gasteiger partial charge in [-0.3, -0.25) is 14.5 Å². The SMILES string of the molecule is Cc1ccc(N2C(=O)[C@H]3[C@H](C2=O)[C@@H](c2ccccc2)CC[C@@H]3c2ccccc2)cc1. The Balaban J connectivity index is 1.60. The van der Waals surface area contributed by atoms with Gasteiger partial charge in [0.05, 0.1) is 17.5 Å². The van der Waals surface area contributed by atoms with Gasteiger partial charge in [0.2, 0.25) is 11.8 Å². The molecule has 0 bridgehead atoms. The van der Waals surface area contributed by atoms with Crippen LogP contribution in [0.15, 0.2) is 84.9 Å². The highest BCUT2D eigenvalue weighted by Gasteiger charge is 2.56. The summed E-state index contributed by atoms with van der Waals surface area (Å²) in [4.78, 5) is 28.9. The third kappa shape index (κ3) is 3.06. The van der Waals surface area contributed by atoms with Crippen molar-refractivity contribution in [3.8, 4) is 0 Å². The molecule has 0 unspecified atom stereocenters. The smallest absolute Gasteiger partial charge is 0.238 e. The van der Waals surface area contributed by atoms with Crippen LogP contribution < -0.4 is 4.90 Å². The highest BCUT2D eigenvalue weighted by Crippen LogP contribution is 2.53. The molecule has 3 aromatic carbocycles. The number of benzene rings is 3. The largest absolute Gasteiger partial charge is 0.274 e. The van der Waals surface area contributed by atoms with Gasteiger partial charge in [0.25, 0.3) is 0 Å². The fourth-order valence-electron chi connectivity index (χ4n) is 5.37. The molecule has 0 aromatic heterocycles. The molecular formula is C27H25NO2. The summed E-state index contributed by atoms with van der Waals surface area (Å²) < 4.78 is 0. The number of amides is 2. The van der Waals surface area contributed by atoms with E-state index in [0.29, 0.717) is 5.69 Å². The van der Waals surface area contributed by atoms with Crippen molar-refractivity contribution in [3.05, 3.63) is 102 Å². The fraction of sp³-hybridized carbons (Fsp3) is 0.259. The summed E-state index contributed by atoms with van der Waals surface area (Å²) in [7, 11) is 0. The van der Waals surface area contributed by atoms with E-state index in [2.05, 4.69) is 24.3 Å². The molecule has 3 nitrogen and oxygen atoms in total. The third-order valence-electron chi connectivity index (χ3n) is 6.80. The molecule has 1 heterocycles. The van der Waals surface area contributed by atoms with Gasteiger partial charge in [-0.25, -0.2) is 0 Å². The molecule has 150 valence electrons. The molecule has 1 saturated heterocycles. The summed E-state index contributed by atoms with van der Waals surface area (Å²) in [6.45, 7) is 2.01. The molecular weight excluding hydrogens is 370 g/mol. The van der Waals surface area contributed by atoms with E-state index in [1.807, 2.05) is 67.6 Å². The Hall–Kier alpha value is -3.20. The lowest BCUT2D eigenvalue weighted by Crippen LogP contribution is -2.34. The second kappa shape index (κ2) is 7.56. The van der Waals surface area contributed by atoms with E-state index in [9.17, 15) is 9.59 Å². The van der Waals surface area contributed by atoms with E-state index in [0.717, 1.165) is 29.5 Å². The normalized spacial score (nSPS) is 26.0. The third-order valence-corrected chi connectivity index (χ3v) is 6.80. The Kier molecular flexibility index (Phi) is 4.74. The second-order valence-corrected chi connectivity index (χ2v) is 8.51. The molecule has 30 heavy (non-hydrogen) atoms. The van der Waals surface area contributed by atoms with Crippen molar-refractivity contribution in [2.75, 3.05) is 4.90 Å². The van der Waals surface area contributed by atoms with Crippen LogP contribution >= 0.6 is 0 Å². The average molecular weight is 396 g/mol. The molecule has 2 amide bonds. The molecule has 4 atom stereocenters. The summed E-state index contributed by atoms with van der Waals surface area (Å²) in [5.41, 5.74) is 4.11. The first-order valence-electron chi connectivity index (χ1n) is 10.7. The van der Waals surface area contributed by atoms with Gasteiger partial charge in [-0.15, -0.1) is 0 Å². The van der Waals surface area contributed by atoms with Gasteiger partial charge in [0, 0.05) is 0 Å². The van der Waals surface area contributed by atoms with E-state index >= 15 is 0 Å². The highest BCUT2D eigenvalue weighted by molar-refractivity contribution is 6.22. The van der Waals surface area contributed by atoms with Gasteiger partial charge in [0.1, 0.15) is 0 Å². The molecule has 3 aromatic rings. The van der Waals surface area contributed by atoms with Crippen molar-refractivity contribution < 1.29 is 9.59 Å². The zero-order valence-corrected chi connectivity index (χ0v) is 17.1. The number of rotatable bonds is 3. The first-order chi connectivity index (χ1) is 14.6. The summed E-state index contributed by atoms with van der Waals surface area (Å²) >= 11 is 0. The topological polar surface area (TPSA) is 37.4 Å². The predicted octanol–water partition coefficient (Wildman–Crippen LogP) is 5.46. The maximum absolute atomic E-state index is 13.7. The maximum Gasteiger partial charge on any atom is 0.238 e. The molecule has 0 spiro atoms. The average Bonchev–Trinajstić information content (AvgIpc) is 3.06. The Morgan fingerprint density at radius 3 is 1.50 bits per heavy atom. The standard InChI is InChI=1S/C27H25NO2/c1-18-12-14-21(15-13-18)28-26(29)24-22(19-8-4-2-5-9-19)16-17-23(25(24)27(28)30)20-10-6-3-7-11-20/h2-15,22-25H,16-17H2,1H3/t22-,23-,24-,25-/m1/s1. The van der Waals surface area contributed by atoms with Gasteiger partial charge in [-0.1, -0.05) is 78.4 Å². The molecule has 1 aliphatic carbocycles. The zero-order valence-electron chi connectivity index (χ0n) is 17.1. The zero-order chi connectivity index (χ0) is 20.7. The minimum absolute atomic E-state index is 0.0525. The molecule has 5 rings (SSSR count). The van der Waals surface area contributed by atoms with Crippen LogP contribution in [0.4, 0.5) is 5.69 Å². The summed E-state index contributed by atoms with van der Waals surface area (Å²) in [6.07, 6.45) is 1.82. The Labute approximate surface area is 177 Å². The van der Waals surface area contributed by atoms with Crippen LogP contribution in [0.2, 0.25) is 0 Å². The minimum atomic E-state index is -0.319. The number of imide groups is 1.